The van der Waals surface area contributed by atoms with Crippen LogP contribution in [0.15, 0.2) is 60.8 Å². The normalized spacial score (nSPS) is 13.4. The molecule has 194 valence electrons. The summed E-state index contributed by atoms with van der Waals surface area (Å²) in [7, 11) is 1.49. The number of hydrogen-bond acceptors (Lipinski definition) is 5. The third-order valence-corrected chi connectivity index (χ3v) is 6.06. The maximum absolute atomic E-state index is 14.0. The molecular formula is C28H37FN4O3. The molecule has 3 aromatic rings. The molecule has 1 aromatic heterocycles. The van der Waals surface area contributed by atoms with Gasteiger partial charge >= 0.3 is 0 Å². The third kappa shape index (κ3) is 7.00. The van der Waals surface area contributed by atoms with Crippen LogP contribution < -0.4 is 5.73 Å². The second kappa shape index (κ2) is 12.3. The molecule has 1 amide bonds. The lowest BCUT2D eigenvalue weighted by atomic mass is 9.84. The van der Waals surface area contributed by atoms with Crippen molar-refractivity contribution in [3.63, 3.8) is 0 Å². The molecule has 0 aliphatic rings. The third-order valence-electron chi connectivity index (χ3n) is 6.06. The number of nitrogens with two attached hydrogens (primary N) is 1. The largest absolute Gasteiger partial charge is 0.395 e. The van der Waals surface area contributed by atoms with Crippen LogP contribution in [-0.2, 0) is 16.1 Å². The van der Waals surface area contributed by atoms with Crippen molar-refractivity contribution in [3.8, 4) is 11.3 Å². The van der Waals surface area contributed by atoms with Crippen molar-refractivity contribution in [1.29, 1.82) is 0 Å². The molecule has 0 aliphatic carbocycles. The molecular weight excluding hydrogens is 459 g/mol. The summed E-state index contributed by atoms with van der Waals surface area (Å²) >= 11 is 0. The van der Waals surface area contributed by atoms with Gasteiger partial charge in [-0.2, -0.15) is 0 Å². The average Bonchev–Trinajstić information content (AvgIpc) is 3.24. The van der Waals surface area contributed by atoms with E-state index in [1.807, 2.05) is 47.2 Å². The average molecular weight is 497 g/mol. The fourth-order valence-electron chi connectivity index (χ4n) is 4.34. The summed E-state index contributed by atoms with van der Waals surface area (Å²) in [6.07, 6.45) is 2.34. The first kappa shape index (κ1) is 27.5. The summed E-state index contributed by atoms with van der Waals surface area (Å²) in [6.45, 7) is 6.78. The Morgan fingerprint density at radius 1 is 1.19 bits per heavy atom. The monoisotopic (exact) mass is 496 g/mol. The number of nitrogens with zero attached hydrogens (tertiary/aromatic N) is 3. The van der Waals surface area contributed by atoms with E-state index in [2.05, 4.69) is 20.8 Å². The predicted octanol–water partition coefficient (Wildman–Crippen LogP) is 4.01. The molecule has 3 N–H and O–H groups in total. The molecule has 0 radical (unpaired) electrons. The summed E-state index contributed by atoms with van der Waals surface area (Å²) in [4.78, 5) is 20.0. The van der Waals surface area contributed by atoms with Crippen molar-refractivity contribution in [2.45, 2.75) is 45.8 Å². The van der Waals surface area contributed by atoms with E-state index in [1.165, 1.54) is 19.2 Å². The number of hydrogen-bond donors (Lipinski definition) is 2. The first-order chi connectivity index (χ1) is 17.1. The number of methoxy groups -OCH3 is 1. The van der Waals surface area contributed by atoms with E-state index < -0.39 is 17.5 Å². The molecule has 0 unspecified atom stereocenters. The van der Waals surface area contributed by atoms with Crippen LogP contribution in [-0.4, -0.2) is 58.4 Å². The maximum atomic E-state index is 14.0. The van der Waals surface area contributed by atoms with E-state index in [9.17, 15) is 14.3 Å². The molecule has 7 nitrogen and oxygen atoms in total. The van der Waals surface area contributed by atoms with E-state index in [-0.39, 0.29) is 24.9 Å². The van der Waals surface area contributed by atoms with Gasteiger partial charge in [-0.15, -0.1) is 0 Å². The maximum Gasteiger partial charge on any atom is 0.249 e. The van der Waals surface area contributed by atoms with Gasteiger partial charge in [0.2, 0.25) is 5.91 Å². The van der Waals surface area contributed by atoms with Crippen LogP contribution in [0.25, 0.3) is 11.3 Å². The SMILES string of the molecule is COCC(=O)N(CC[C@H](N)CO)[C@@H](c1nc(-c2cccc(F)c2)cn1Cc1ccccc1)C(C)(C)C. The van der Waals surface area contributed by atoms with Gasteiger partial charge in [0.1, 0.15) is 18.2 Å². The van der Waals surface area contributed by atoms with Crippen LogP contribution in [0, 0.1) is 11.2 Å². The Balaban J connectivity index is 2.15. The minimum atomic E-state index is -0.449. The van der Waals surface area contributed by atoms with E-state index in [1.54, 1.807) is 11.0 Å². The highest BCUT2D eigenvalue weighted by Gasteiger charge is 2.38. The molecule has 0 bridgehead atoms. The van der Waals surface area contributed by atoms with Crippen molar-refractivity contribution in [2.75, 3.05) is 26.9 Å². The number of ether oxygens (including phenoxy) is 1. The van der Waals surface area contributed by atoms with Gasteiger partial charge in [0.05, 0.1) is 18.3 Å². The molecule has 0 spiro atoms. The number of aromatic nitrogens is 2. The lowest BCUT2D eigenvalue weighted by Crippen LogP contribution is -2.46. The van der Waals surface area contributed by atoms with Crippen molar-refractivity contribution < 1.29 is 19.0 Å². The number of imidazole rings is 1. The lowest BCUT2D eigenvalue weighted by Gasteiger charge is -2.40. The molecule has 0 fully saturated rings. The fourth-order valence-corrected chi connectivity index (χ4v) is 4.34. The number of aliphatic hydroxyl groups excluding tert-OH is 1. The zero-order chi connectivity index (χ0) is 26.3. The van der Waals surface area contributed by atoms with Crippen molar-refractivity contribution in [1.82, 2.24) is 14.5 Å². The summed E-state index contributed by atoms with van der Waals surface area (Å²) in [5.74, 6) is 0.158. The molecule has 1 heterocycles. The number of aliphatic hydroxyl groups is 1. The van der Waals surface area contributed by atoms with Crippen LogP contribution in [0.3, 0.4) is 0 Å². The first-order valence-electron chi connectivity index (χ1n) is 12.2. The van der Waals surface area contributed by atoms with Crippen LogP contribution in [0.1, 0.15) is 44.6 Å². The number of carbonyl (C=O) groups is 1. The minimum absolute atomic E-state index is 0.0862. The van der Waals surface area contributed by atoms with Gasteiger partial charge in [-0.25, -0.2) is 9.37 Å². The van der Waals surface area contributed by atoms with Crippen LogP contribution in [0.2, 0.25) is 0 Å². The lowest BCUT2D eigenvalue weighted by molar-refractivity contribution is -0.140. The molecule has 0 saturated carbocycles. The first-order valence-corrected chi connectivity index (χ1v) is 12.2. The topological polar surface area (TPSA) is 93.6 Å². The number of amides is 1. The summed E-state index contributed by atoms with van der Waals surface area (Å²) in [5.41, 5.74) is 7.94. The van der Waals surface area contributed by atoms with E-state index in [4.69, 9.17) is 15.5 Å². The fraction of sp³-hybridized carbons (Fsp3) is 0.429. The Morgan fingerprint density at radius 2 is 1.92 bits per heavy atom. The van der Waals surface area contributed by atoms with Gasteiger partial charge in [-0.1, -0.05) is 63.2 Å². The molecule has 36 heavy (non-hydrogen) atoms. The molecule has 3 rings (SSSR count). The standard InChI is InChI=1S/C28H37FN4O3/c1-28(2,3)26(33(25(35)19-36-4)14-13-23(30)18-34)27-31-24(21-11-8-12-22(29)15-21)17-32(27)16-20-9-6-5-7-10-20/h5-12,15,17,23,26,34H,13-14,16,18-19,30H2,1-4H3/t23-,26-/m0/s1. The quantitative estimate of drug-likeness (QED) is 0.418. The van der Waals surface area contributed by atoms with Gasteiger partial charge in [-0.3, -0.25) is 4.79 Å². The van der Waals surface area contributed by atoms with E-state index >= 15 is 0 Å². The van der Waals surface area contributed by atoms with Gasteiger partial charge in [-0.05, 0) is 29.5 Å². The summed E-state index contributed by atoms with van der Waals surface area (Å²) in [6, 6.07) is 15.4. The van der Waals surface area contributed by atoms with Crippen molar-refractivity contribution >= 4 is 5.91 Å². The highest BCUT2D eigenvalue weighted by Crippen LogP contribution is 2.39. The van der Waals surface area contributed by atoms with Crippen LogP contribution >= 0.6 is 0 Å². The highest BCUT2D eigenvalue weighted by molar-refractivity contribution is 5.78. The Hall–Kier alpha value is -3.07. The summed E-state index contributed by atoms with van der Waals surface area (Å²) < 4.78 is 21.3. The predicted molar refractivity (Wildman–Crippen MR) is 139 cm³/mol. The van der Waals surface area contributed by atoms with Gasteiger partial charge < -0.3 is 25.0 Å². The van der Waals surface area contributed by atoms with E-state index in [0.29, 0.717) is 36.6 Å². The number of carbonyl (C=O) groups excluding carboxylic acids is 1. The Morgan fingerprint density at radius 3 is 2.53 bits per heavy atom. The molecule has 2 aromatic carbocycles. The zero-order valence-corrected chi connectivity index (χ0v) is 21.5. The van der Waals surface area contributed by atoms with Gasteiger partial charge in [0, 0.05) is 38.0 Å². The number of rotatable bonds is 11. The van der Waals surface area contributed by atoms with Crippen LogP contribution in [0.5, 0.6) is 0 Å². The molecule has 0 saturated heterocycles. The summed E-state index contributed by atoms with van der Waals surface area (Å²) in [5, 5.41) is 9.46. The Kier molecular flexibility index (Phi) is 9.37. The van der Waals surface area contributed by atoms with Crippen molar-refractivity contribution in [2.24, 2.45) is 11.1 Å². The van der Waals surface area contributed by atoms with E-state index in [0.717, 1.165) is 5.56 Å². The molecule has 0 aliphatic heterocycles. The number of benzene rings is 2. The van der Waals surface area contributed by atoms with Gasteiger partial charge in [0.15, 0.2) is 0 Å². The second-order valence-electron chi connectivity index (χ2n) is 10.1. The zero-order valence-electron chi connectivity index (χ0n) is 21.5. The highest BCUT2D eigenvalue weighted by atomic mass is 19.1. The molecule has 2 atom stereocenters. The molecule has 8 heteroatoms. The van der Waals surface area contributed by atoms with Gasteiger partial charge in [0.25, 0.3) is 0 Å². The van der Waals surface area contributed by atoms with Crippen LogP contribution in [0.4, 0.5) is 4.39 Å². The minimum Gasteiger partial charge on any atom is -0.395 e. The number of halogens is 1. The Labute approximate surface area is 212 Å². The van der Waals surface area contributed by atoms with Crippen molar-refractivity contribution in [3.05, 3.63) is 78.0 Å². The second-order valence-corrected chi connectivity index (χ2v) is 10.1. The smallest absolute Gasteiger partial charge is 0.249 e. The Bertz CT molecular complexity index is 1130.